The molecule has 0 spiro atoms. The number of carbonyl (C=O) groups is 1. The summed E-state index contributed by atoms with van der Waals surface area (Å²) in [5.41, 5.74) is 1.12. The molecule has 1 aromatic rings. The van der Waals surface area contributed by atoms with Gasteiger partial charge in [-0.1, -0.05) is 12.2 Å². The number of carbonyl (C=O) groups excluding carboxylic acids is 1. The molecule has 0 aromatic carbocycles. The highest BCUT2D eigenvalue weighted by Crippen LogP contribution is 2.29. The molecule has 1 aromatic heterocycles. The molecule has 2 heterocycles. The first-order valence-electron chi connectivity index (χ1n) is 7.54. The van der Waals surface area contributed by atoms with Crippen molar-refractivity contribution >= 4 is 17.8 Å². The maximum atomic E-state index is 12.6. The average Bonchev–Trinajstić information content (AvgIpc) is 2.95. The standard InChI is InChI=1S/C15H22N4OS/c1-18-10-12(9-16-18)14-11-21-8-7-19(14)15(20)17-13-5-3-2-4-6-13/h3,5,9-10,13-14H,2,4,6-8,11H2,1H3,(H,17,20)/t13-,14-/m0/s1. The highest BCUT2D eigenvalue weighted by atomic mass is 32.2. The van der Waals surface area contributed by atoms with Crippen molar-refractivity contribution in [3.8, 4) is 0 Å². The number of hydrogen-bond acceptors (Lipinski definition) is 3. The van der Waals surface area contributed by atoms with Crippen LogP contribution in [0, 0.1) is 0 Å². The van der Waals surface area contributed by atoms with E-state index in [1.807, 2.05) is 36.1 Å². The Hall–Kier alpha value is -1.43. The number of thioether (sulfide) groups is 1. The Morgan fingerprint density at radius 1 is 1.52 bits per heavy atom. The van der Waals surface area contributed by atoms with E-state index < -0.39 is 0 Å². The van der Waals surface area contributed by atoms with Gasteiger partial charge in [0.25, 0.3) is 0 Å². The van der Waals surface area contributed by atoms with Gasteiger partial charge in [0.1, 0.15) is 0 Å². The summed E-state index contributed by atoms with van der Waals surface area (Å²) in [5.74, 6) is 1.95. The third kappa shape index (κ3) is 3.43. The number of nitrogens with zero attached hydrogens (tertiary/aromatic N) is 3. The number of aromatic nitrogens is 2. The molecular weight excluding hydrogens is 284 g/mol. The number of amides is 2. The van der Waals surface area contributed by atoms with Crippen molar-refractivity contribution in [3.63, 3.8) is 0 Å². The summed E-state index contributed by atoms with van der Waals surface area (Å²) < 4.78 is 1.80. The summed E-state index contributed by atoms with van der Waals surface area (Å²) in [4.78, 5) is 14.6. The largest absolute Gasteiger partial charge is 0.332 e. The zero-order valence-corrected chi connectivity index (χ0v) is 13.2. The molecule has 114 valence electrons. The SMILES string of the molecule is Cn1cc([C@@H]2CSCCN2C(=O)N[C@H]2C=CCCC2)cn1. The van der Waals surface area contributed by atoms with Crippen LogP contribution in [0.25, 0.3) is 0 Å². The molecular formula is C15H22N4OS. The summed E-state index contributed by atoms with van der Waals surface area (Å²) in [6, 6.07) is 0.376. The minimum atomic E-state index is 0.0562. The average molecular weight is 306 g/mol. The van der Waals surface area contributed by atoms with E-state index in [0.717, 1.165) is 42.9 Å². The van der Waals surface area contributed by atoms with Crippen molar-refractivity contribution in [1.82, 2.24) is 20.0 Å². The smallest absolute Gasteiger partial charge is 0.318 e. The Labute approximate surface area is 129 Å². The summed E-state index contributed by atoms with van der Waals surface area (Å²) in [6.45, 7) is 0.798. The van der Waals surface area contributed by atoms with Gasteiger partial charge < -0.3 is 10.2 Å². The molecule has 1 fully saturated rings. The van der Waals surface area contributed by atoms with Crippen molar-refractivity contribution in [2.75, 3.05) is 18.1 Å². The molecule has 6 heteroatoms. The maximum absolute atomic E-state index is 12.6. The summed E-state index contributed by atoms with van der Waals surface area (Å²) in [7, 11) is 1.91. The number of allylic oxidation sites excluding steroid dienone is 1. The van der Waals surface area contributed by atoms with E-state index in [2.05, 4.69) is 22.6 Å². The molecule has 2 aliphatic rings. The number of nitrogens with one attached hydrogen (secondary N) is 1. The highest BCUT2D eigenvalue weighted by Gasteiger charge is 2.30. The fourth-order valence-electron chi connectivity index (χ4n) is 2.91. The van der Waals surface area contributed by atoms with Crippen molar-refractivity contribution in [1.29, 1.82) is 0 Å². The Morgan fingerprint density at radius 3 is 3.14 bits per heavy atom. The lowest BCUT2D eigenvalue weighted by atomic mass is 10.0. The van der Waals surface area contributed by atoms with Crippen LogP contribution in [0.2, 0.25) is 0 Å². The van der Waals surface area contributed by atoms with E-state index in [1.165, 1.54) is 0 Å². The molecule has 1 N–H and O–H groups in total. The van der Waals surface area contributed by atoms with Crippen LogP contribution in [0.3, 0.4) is 0 Å². The van der Waals surface area contributed by atoms with Gasteiger partial charge in [-0.15, -0.1) is 0 Å². The lowest BCUT2D eigenvalue weighted by Crippen LogP contribution is -2.49. The van der Waals surface area contributed by atoms with Gasteiger partial charge in [-0.3, -0.25) is 4.68 Å². The first-order chi connectivity index (χ1) is 10.2. The minimum Gasteiger partial charge on any atom is -0.332 e. The van der Waals surface area contributed by atoms with Gasteiger partial charge in [-0.05, 0) is 19.3 Å². The monoisotopic (exact) mass is 306 g/mol. The zero-order chi connectivity index (χ0) is 14.7. The molecule has 3 rings (SSSR count). The second kappa shape index (κ2) is 6.56. The van der Waals surface area contributed by atoms with Gasteiger partial charge in [-0.2, -0.15) is 16.9 Å². The molecule has 0 unspecified atom stereocenters. The molecule has 2 atom stereocenters. The van der Waals surface area contributed by atoms with Crippen LogP contribution in [0.4, 0.5) is 4.79 Å². The lowest BCUT2D eigenvalue weighted by molar-refractivity contribution is 0.179. The molecule has 0 saturated carbocycles. The number of rotatable bonds is 2. The quantitative estimate of drug-likeness (QED) is 0.853. The van der Waals surface area contributed by atoms with Crippen molar-refractivity contribution in [2.45, 2.75) is 31.3 Å². The topological polar surface area (TPSA) is 50.2 Å². The molecule has 0 bridgehead atoms. The van der Waals surface area contributed by atoms with Crippen LogP contribution >= 0.6 is 11.8 Å². The summed E-state index contributed by atoms with van der Waals surface area (Å²) in [5, 5.41) is 7.40. The molecule has 2 amide bonds. The highest BCUT2D eigenvalue weighted by molar-refractivity contribution is 7.99. The van der Waals surface area contributed by atoms with Crippen molar-refractivity contribution in [3.05, 3.63) is 30.1 Å². The fraction of sp³-hybridized carbons (Fsp3) is 0.600. The molecule has 1 aliphatic heterocycles. The Morgan fingerprint density at radius 2 is 2.43 bits per heavy atom. The number of hydrogen-bond donors (Lipinski definition) is 1. The Bertz CT molecular complexity index is 527. The second-order valence-corrected chi connectivity index (χ2v) is 6.80. The molecule has 0 radical (unpaired) electrons. The third-order valence-electron chi connectivity index (χ3n) is 4.06. The second-order valence-electron chi connectivity index (χ2n) is 5.65. The van der Waals surface area contributed by atoms with E-state index in [0.29, 0.717) is 0 Å². The summed E-state index contributed by atoms with van der Waals surface area (Å²) >= 11 is 1.90. The normalized spacial score (nSPS) is 25.9. The van der Waals surface area contributed by atoms with Gasteiger partial charge in [-0.25, -0.2) is 4.79 Å². The van der Waals surface area contributed by atoms with Crippen LogP contribution < -0.4 is 5.32 Å². The van der Waals surface area contributed by atoms with Crippen molar-refractivity contribution in [2.24, 2.45) is 7.05 Å². The van der Waals surface area contributed by atoms with Crippen LogP contribution in [-0.4, -0.2) is 44.8 Å². The number of aryl methyl sites for hydroxylation is 1. The van der Waals surface area contributed by atoms with Gasteiger partial charge in [0, 0.05) is 42.9 Å². The van der Waals surface area contributed by atoms with Crippen LogP contribution in [0.1, 0.15) is 30.9 Å². The fourth-order valence-corrected chi connectivity index (χ4v) is 4.00. The molecule has 21 heavy (non-hydrogen) atoms. The van der Waals surface area contributed by atoms with Gasteiger partial charge in [0.2, 0.25) is 0 Å². The summed E-state index contributed by atoms with van der Waals surface area (Å²) in [6.07, 6.45) is 11.5. The third-order valence-corrected chi connectivity index (χ3v) is 5.08. The molecule has 1 aliphatic carbocycles. The van der Waals surface area contributed by atoms with Gasteiger partial charge in [0.15, 0.2) is 0 Å². The van der Waals surface area contributed by atoms with E-state index >= 15 is 0 Å². The van der Waals surface area contributed by atoms with E-state index in [9.17, 15) is 4.79 Å². The maximum Gasteiger partial charge on any atom is 0.318 e. The minimum absolute atomic E-state index is 0.0562. The number of urea groups is 1. The Kier molecular flexibility index (Phi) is 4.53. The Balaban J connectivity index is 1.69. The first kappa shape index (κ1) is 14.5. The van der Waals surface area contributed by atoms with Crippen LogP contribution in [-0.2, 0) is 7.05 Å². The lowest BCUT2D eigenvalue weighted by Gasteiger charge is -2.36. The predicted molar refractivity (Wildman–Crippen MR) is 85.3 cm³/mol. The van der Waals surface area contributed by atoms with E-state index in [4.69, 9.17) is 0 Å². The van der Waals surface area contributed by atoms with Crippen LogP contribution in [0.15, 0.2) is 24.5 Å². The van der Waals surface area contributed by atoms with E-state index in [-0.39, 0.29) is 18.1 Å². The van der Waals surface area contributed by atoms with Crippen molar-refractivity contribution < 1.29 is 4.79 Å². The van der Waals surface area contributed by atoms with Gasteiger partial charge >= 0.3 is 6.03 Å². The predicted octanol–water partition coefficient (Wildman–Crippen LogP) is 2.33. The van der Waals surface area contributed by atoms with E-state index in [1.54, 1.807) is 4.68 Å². The molecule has 1 saturated heterocycles. The van der Waals surface area contributed by atoms with Gasteiger partial charge in [0.05, 0.1) is 12.2 Å². The molecule has 5 nitrogen and oxygen atoms in total. The van der Waals surface area contributed by atoms with Crippen LogP contribution in [0.5, 0.6) is 0 Å². The zero-order valence-electron chi connectivity index (χ0n) is 12.4. The first-order valence-corrected chi connectivity index (χ1v) is 8.69.